The lowest BCUT2D eigenvalue weighted by molar-refractivity contribution is 0.530. The SMILES string of the molecule is CCCNC(Cc1ccccc1)CS(C)(=O)=O. The number of hydrogen-bond acceptors (Lipinski definition) is 3. The van der Waals surface area contributed by atoms with Crippen molar-refractivity contribution in [1.82, 2.24) is 5.32 Å². The lowest BCUT2D eigenvalue weighted by atomic mass is 10.1. The van der Waals surface area contributed by atoms with E-state index in [4.69, 9.17) is 0 Å². The molecule has 3 nitrogen and oxygen atoms in total. The molecule has 1 unspecified atom stereocenters. The lowest BCUT2D eigenvalue weighted by Crippen LogP contribution is -2.37. The van der Waals surface area contributed by atoms with Crippen LogP contribution in [-0.4, -0.2) is 33.0 Å². The van der Waals surface area contributed by atoms with E-state index < -0.39 is 9.84 Å². The Balaban J connectivity index is 2.63. The standard InChI is InChI=1S/C13H21NO2S/c1-3-9-14-13(11-17(2,15)16)10-12-7-5-4-6-8-12/h4-8,13-14H,3,9-11H2,1-2H3. The van der Waals surface area contributed by atoms with Crippen LogP contribution in [0.4, 0.5) is 0 Å². The summed E-state index contributed by atoms with van der Waals surface area (Å²) >= 11 is 0. The van der Waals surface area contributed by atoms with Crippen molar-refractivity contribution in [3.63, 3.8) is 0 Å². The van der Waals surface area contributed by atoms with E-state index in [-0.39, 0.29) is 11.8 Å². The minimum absolute atomic E-state index is 0.00681. The third kappa shape index (κ3) is 6.44. The molecule has 96 valence electrons. The second-order valence-electron chi connectivity index (χ2n) is 4.43. The van der Waals surface area contributed by atoms with Crippen molar-refractivity contribution >= 4 is 9.84 Å². The molecule has 4 heteroatoms. The summed E-state index contributed by atoms with van der Waals surface area (Å²) in [6, 6.07) is 9.99. The van der Waals surface area contributed by atoms with Crippen LogP contribution in [-0.2, 0) is 16.3 Å². The summed E-state index contributed by atoms with van der Waals surface area (Å²) in [6.07, 6.45) is 3.06. The summed E-state index contributed by atoms with van der Waals surface area (Å²) in [5, 5.41) is 3.30. The molecule has 0 spiro atoms. The molecular weight excluding hydrogens is 234 g/mol. The first-order valence-electron chi connectivity index (χ1n) is 5.96. The molecule has 0 saturated carbocycles. The van der Waals surface area contributed by atoms with E-state index >= 15 is 0 Å². The van der Waals surface area contributed by atoms with Gasteiger partial charge in [-0.1, -0.05) is 37.3 Å². The topological polar surface area (TPSA) is 46.2 Å². The second kappa shape index (κ2) is 6.77. The highest BCUT2D eigenvalue weighted by Gasteiger charge is 2.14. The van der Waals surface area contributed by atoms with Crippen molar-refractivity contribution in [3.05, 3.63) is 35.9 Å². The Labute approximate surface area is 104 Å². The molecule has 17 heavy (non-hydrogen) atoms. The quantitative estimate of drug-likeness (QED) is 0.805. The van der Waals surface area contributed by atoms with E-state index in [9.17, 15) is 8.42 Å². The minimum Gasteiger partial charge on any atom is -0.313 e. The summed E-state index contributed by atoms with van der Waals surface area (Å²) < 4.78 is 22.7. The summed E-state index contributed by atoms with van der Waals surface area (Å²) in [7, 11) is -2.94. The first-order valence-corrected chi connectivity index (χ1v) is 8.02. The van der Waals surface area contributed by atoms with Gasteiger partial charge in [0, 0.05) is 12.3 Å². The maximum absolute atomic E-state index is 11.4. The normalized spacial score (nSPS) is 13.5. The van der Waals surface area contributed by atoms with Crippen LogP contribution in [0, 0.1) is 0 Å². The monoisotopic (exact) mass is 255 g/mol. The van der Waals surface area contributed by atoms with Gasteiger partial charge in [-0.15, -0.1) is 0 Å². The minimum atomic E-state index is -2.94. The molecule has 1 aromatic carbocycles. The van der Waals surface area contributed by atoms with Crippen LogP contribution in [0.15, 0.2) is 30.3 Å². The van der Waals surface area contributed by atoms with Gasteiger partial charge in [-0.2, -0.15) is 0 Å². The predicted molar refractivity (Wildman–Crippen MR) is 71.9 cm³/mol. The third-order valence-electron chi connectivity index (χ3n) is 2.51. The molecule has 1 aromatic rings. The van der Waals surface area contributed by atoms with Crippen LogP contribution in [0.5, 0.6) is 0 Å². The van der Waals surface area contributed by atoms with E-state index in [1.165, 1.54) is 11.8 Å². The molecule has 0 bridgehead atoms. The van der Waals surface area contributed by atoms with Gasteiger partial charge in [-0.3, -0.25) is 0 Å². The van der Waals surface area contributed by atoms with Gasteiger partial charge < -0.3 is 5.32 Å². The molecule has 0 fully saturated rings. The van der Waals surface area contributed by atoms with Gasteiger partial charge in [-0.25, -0.2) is 8.42 Å². The third-order valence-corrected chi connectivity index (χ3v) is 3.52. The summed E-state index contributed by atoms with van der Waals surface area (Å²) in [5.41, 5.74) is 1.17. The fraction of sp³-hybridized carbons (Fsp3) is 0.538. The molecule has 0 saturated heterocycles. The molecule has 0 heterocycles. The molecule has 0 aliphatic heterocycles. The highest BCUT2D eigenvalue weighted by molar-refractivity contribution is 7.90. The molecular formula is C13H21NO2S. The van der Waals surface area contributed by atoms with E-state index in [0.29, 0.717) is 0 Å². The molecule has 0 radical (unpaired) electrons. The van der Waals surface area contributed by atoms with Crippen LogP contribution in [0.3, 0.4) is 0 Å². The van der Waals surface area contributed by atoms with Crippen LogP contribution in [0.2, 0.25) is 0 Å². The van der Waals surface area contributed by atoms with Gasteiger partial charge in [0.25, 0.3) is 0 Å². The van der Waals surface area contributed by atoms with Crippen LogP contribution < -0.4 is 5.32 Å². The Bertz CT molecular complexity index is 414. The Morgan fingerprint density at radius 1 is 1.24 bits per heavy atom. The highest BCUT2D eigenvalue weighted by Crippen LogP contribution is 2.05. The number of sulfone groups is 1. The van der Waals surface area contributed by atoms with Crippen molar-refractivity contribution in [2.24, 2.45) is 0 Å². The van der Waals surface area contributed by atoms with Crippen molar-refractivity contribution in [1.29, 1.82) is 0 Å². The number of nitrogens with one attached hydrogen (secondary N) is 1. The van der Waals surface area contributed by atoms with Crippen molar-refractivity contribution in [3.8, 4) is 0 Å². The zero-order chi connectivity index (χ0) is 12.7. The first-order chi connectivity index (χ1) is 8.01. The van der Waals surface area contributed by atoms with Crippen LogP contribution >= 0.6 is 0 Å². The molecule has 0 amide bonds. The largest absolute Gasteiger partial charge is 0.313 e. The summed E-state index contributed by atoms with van der Waals surface area (Å²) in [6.45, 7) is 2.93. The van der Waals surface area contributed by atoms with Crippen LogP contribution in [0.1, 0.15) is 18.9 Å². The van der Waals surface area contributed by atoms with Gasteiger partial charge in [0.2, 0.25) is 0 Å². The Morgan fingerprint density at radius 2 is 1.88 bits per heavy atom. The van der Waals surface area contributed by atoms with Crippen molar-refractivity contribution in [2.75, 3.05) is 18.6 Å². The zero-order valence-corrected chi connectivity index (χ0v) is 11.3. The molecule has 1 atom stereocenters. The fourth-order valence-electron chi connectivity index (χ4n) is 1.80. The maximum atomic E-state index is 11.4. The van der Waals surface area contributed by atoms with E-state index in [0.717, 1.165) is 19.4 Å². The fourth-order valence-corrected chi connectivity index (χ4v) is 2.77. The second-order valence-corrected chi connectivity index (χ2v) is 6.62. The van der Waals surface area contributed by atoms with Gasteiger partial charge in [0.05, 0.1) is 5.75 Å². The molecule has 1 rings (SSSR count). The Hall–Kier alpha value is -0.870. The van der Waals surface area contributed by atoms with Crippen molar-refractivity contribution < 1.29 is 8.42 Å². The van der Waals surface area contributed by atoms with Gasteiger partial charge >= 0.3 is 0 Å². The first kappa shape index (κ1) is 14.2. The molecule has 1 N–H and O–H groups in total. The van der Waals surface area contributed by atoms with E-state index in [2.05, 4.69) is 12.2 Å². The predicted octanol–water partition coefficient (Wildman–Crippen LogP) is 1.64. The van der Waals surface area contributed by atoms with Crippen molar-refractivity contribution in [2.45, 2.75) is 25.8 Å². The average molecular weight is 255 g/mol. The van der Waals surface area contributed by atoms with Gasteiger partial charge in [-0.05, 0) is 24.9 Å². The smallest absolute Gasteiger partial charge is 0.148 e. The van der Waals surface area contributed by atoms with Gasteiger partial charge in [0.1, 0.15) is 9.84 Å². The molecule has 0 aliphatic rings. The van der Waals surface area contributed by atoms with E-state index in [1.807, 2.05) is 30.3 Å². The summed E-state index contributed by atoms with van der Waals surface area (Å²) in [5.74, 6) is 0.196. The van der Waals surface area contributed by atoms with Gasteiger partial charge in [0.15, 0.2) is 0 Å². The highest BCUT2D eigenvalue weighted by atomic mass is 32.2. The summed E-state index contributed by atoms with van der Waals surface area (Å²) in [4.78, 5) is 0. The zero-order valence-electron chi connectivity index (χ0n) is 10.5. The van der Waals surface area contributed by atoms with Crippen LogP contribution in [0.25, 0.3) is 0 Å². The Morgan fingerprint density at radius 3 is 2.41 bits per heavy atom. The molecule has 0 aromatic heterocycles. The lowest BCUT2D eigenvalue weighted by Gasteiger charge is -2.17. The van der Waals surface area contributed by atoms with E-state index in [1.54, 1.807) is 0 Å². The Kier molecular flexibility index (Phi) is 5.65. The number of rotatable bonds is 7. The maximum Gasteiger partial charge on any atom is 0.148 e. The number of hydrogen-bond donors (Lipinski definition) is 1. The molecule has 0 aliphatic carbocycles. The average Bonchev–Trinajstić information content (AvgIpc) is 2.25. The number of benzene rings is 1.